The molecular formula is C16H23ClN2O2. The molecular weight excluding hydrogens is 288 g/mol. The van der Waals surface area contributed by atoms with Crippen molar-refractivity contribution in [3.8, 4) is 0 Å². The van der Waals surface area contributed by atoms with Crippen molar-refractivity contribution in [3.05, 3.63) is 35.4 Å². The standard InChI is InChI=1S/C16H22N2O2.ClH/c1-20-11-12-6-7-18(10-12)16(19)15-8-13-4-2-3-5-14(13)9-17-15;/h2-5,12,15,17H,6-11H2,1H3;1H. The number of halogens is 1. The van der Waals surface area contributed by atoms with Gasteiger partial charge in [0.05, 0.1) is 12.6 Å². The quantitative estimate of drug-likeness (QED) is 0.922. The van der Waals surface area contributed by atoms with E-state index < -0.39 is 0 Å². The molecule has 1 amide bonds. The van der Waals surface area contributed by atoms with Gasteiger partial charge in [-0.05, 0) is 24.0 Å². The first-order chi connectivity index (χ1) is 9.78. The average molecular weight is 311 g/mol. The summed E-state index contributed by atoms with van der Waals surface area (Å²) in [6.07, 6.45) is 1.86. The molecule has 5 heteroatoms. The number of fused-ring (bicyclic) bond motifs is 1. The van der Waals surface area contributed by atoms with E-state index in [2.05, 4.69) is 29.6 Å². The fourth-order valence-electron chi connectivity index (χ4n) is 3.25. The van der Waals surface area contributed by atoms with E-state index in [0.717, 1.165) is 39.1 Å². The van der Waals surface area contributed by atoms with E-state index in [1.807, 2.05) is 4.90 Å². The van der Waals surface area contributed by atoms with Crippen molar-refractivity contribution in [2.24, 2.45) is 5.92 Å². The Balaban J connectivity index is 0.00000161. The zero-order valence-corrected chi connectivity index (χ0v) is 13.2. The van der Waals surface area contributed by atoms with E-state index in [1.165, 1.54) is 11.1 Å². The Morgan fingerprint density at radius 3 is 2.90 bits per heavy atom. The van der Waals surface area contributed by atoms with Gasteiger partial charge in [0.25, 0.3) is 0 Å². The van der Waals surface area contributed by atoms with Crippen LogP contribution in [-0.4, -0.2) is 43.7 Å². The van der Waals surface area contributed by atoms with Crippen molar-refractivity contribution in [2.45, 2.75) is 25.4 Å². The third-order valence-corrected chi connectivity index (χ3v) is 4.38. The number of nitrogens with zero attached hydrogens (tertiary/aromatic N) is 1. The van der Waals surface area contributed by atoms with Crippen LogP contribution in [0.25, 0.3) is 0 Å². The van der Waals surface area contributed by atoms with Gasteiger partial charge in [-0.15, -0.1) is 12.4 Å². The maximum atomic E-state index is 12.6. The molecule has 0 bridgehead atoms. The largest absolute Gasteiger partial charge is 0.384 e. The van der Waals surface area contributed by atoms with Crippen LogP contribution >= 0.6 is 12.4 Å². The van der Waals surface area contributed by atoms with Gasteiger partial charge in [-0.3, -0.25) is 4.79 Å². The Bertz CT molecular complexity index is 495. The highest BCUT2D eigenvalue weighted by Gasteiger charge is 2.32. The Labute approximate surface area is 132 Å². The van der Waals surface area contributed by atoms with Crippen molar-refractivity contribution < 1.29 is 9.53 Å². The molecule has 1 saturated heterocycles. The van der Waals surface area contributed by atoms with E-state index in [1.54, 1.807) is 7.11 Å². The van der Waals surface area contributed by atoms with Gasteiger partial charge in [0.15, 0.2) is 0 Å². The summed E-state index contributed by atoms with van der Waals surface area (Å²) in [5, 5.41) is 3.38. The molecule has 4 nitrogen and oxygen atoms in total. The third kappa shape index (κ3) is 3.57. The third-order valence-electron chi connectivity index (χ3n) is 4.38. The average Bonchev–Trinajstić information content (AvgIpc) is 2.95. The van der Waals surface area contributed by atoms with E-state index in [4.69, 9.17) is 4.74 Å². The Hall–Kier alpha value is -1.10. The summed E-state index contributed by atoms with van der Waals surface area (Å²) < 4.78 is 5.19. The predicted octanol–water partition coefficient (Wildman–Crippen LogP) is 1.62. The maximum absolute atomic E-state index is 12.6. The van der Waals surface area contributed by atoms with Crippen LogP contribution in [-0.2, 0) is 22.5 Å². The number of likely N-dealkylation sites (tertiary alicyclic amines) is 1. The van der Waals surface area contributed by atoms with Crippen molar-refractivity contribution in [2.75, 3.05) is 26.8 Å². The number of hydrogen-bond acceptors (Lipinski definition) is 3. The van der Waals surface area contributed by atoms with Gasteiger partial charge in [-0.2, -0.15) is 0 Å². The highest BCUT2D eigenvalue weighted by atomic mass is 35.5. The molecule has 3 rings (SSSR count). The number of hydrogen-bond donors (Lipinski definition) is 1. The number of carbonyl (C=O) groups excluding carboxylic acids is 1. The summed E-state index contributed by atoms with van der Waals surface area (Å²) >= 11 is 0. The van der Waals surface area contributed by atoms with Crippen molar-refractivity contribution in [3.63, 3.8) is 0 Å². The van der Waals surface area contributed by atoms with Gasteiger partial charge < -0.3 is 15.0 Å². The van der Waals surface area contributed by atoms with Gasteiger partial charge in [0, 0.05) is 32.7 Å². The molecule has 2 aliphatic rings. The number of nitrogens with one attached hydrogen (secondary N) is 1. The van der Waals surface area contributed by atoms with Crippen molar-refractivity contribution in [1.82, 2.24) is 10.2 Å². The zero-order valence-electron chi connectivity index (χ0n) is 12.4. The number of rotatable bonds is 3. The van der Waals surface area contributed by atoms with Crippen molar-refractivity contribution >= 4 is 18.3 Å². The molecule has 1 aromatic carbocycles. The lowest BCUT2D eigenvalue weighted by atomic mass is 9.95. The molecule has 1 N–H and O–H groups in total. The van der Waals surface area contributed by atoms with Gasteiger partial charge in [0.1, 0.15) is 0 Å². The van der Waals surface area contributed by atoms with Crippen LogP contribution in [0.4, 0.5) is 0 Å². The lowest BCUT2D eigenvalue weighted by molar-refractivity contribution is -0.132. The number of ether oxygens (including phenoxy) is 1. The first-order valence-electron chi connectivity index (χ1n) is 7.36. The minimum absolute atomic E-state index is 0. The second-order valence-electron chi connectivity index (χ2n) is 5.80. The molecule has 0 aliphatic carbocycles. The fourth-order valence-corrected chi connectivity index (χ4v) is 3.25. The zero-order chi connectivity index (χ0) is 13.9. The normalized spacial score (nSPS) is 24.3. The SMILES string of the molecule is COCC1CCN(C(=O)C2Cc3ccccc3CN2)C1.Cl. The fraction of sp³-hybridized carbons (Fsp3) is 0.562. The van der Waals surface area contributed by atoms with Gasteiger partial charge >= 0.3 is 0 Å². The molecule has 0 radical (unpaired) electrons. The summed E-state index contributed by atoms with van der Waals surface area (Å²) in [7, 11) is 1.73. The van der Waals surface area contributed by atoms with Crippen LogP contribution in [0, 0.1) is 5.92 Å². The number of benzene rings is 1. The van der Waals surface area contributed by atoms with E-state index in [-0.39, 0.29) is 24.4 Å². The van der Waals surface area contributed by atoms with Crippen LogP contribution in [0.15, 0.2) is 24.3 Å². The molecule has 2 unspecified atom stereocenters. The van der Waals surface area contributed by atoms with Gasteiger partial charge in [0.2, 0.25) is 5.91 Å². The molecule has 0 saturated carbocycles. The van der Waals surface area contributed by atoms with E-state index in [9.17, 15) is 4.79 Å². The Morgan fingerprint density at radius 2 is 2.14 bits per heavy atom. The predicted molar refractivity (Wildman–Crippen MR) is 84.6 cm³/mol. The molecule has 2 heterocycles. The highest BCUT2D eigenvalue weighted by molar-refractivity contribution is 5.85. The molecule has 0 aromatic heterocycles. The monoisotopic (exact) mass is 310 g/mol. The van der Waals surface area contributed by atoms with Gasteiger partial charge in [-0.25, -0.2) is 0 Å². The molecule has 21 heavy (non-hydrogen) atoms. The van der Waals surface area contributed by atoms with Crippen LogP contribution < -0.4 is 5.32 Å². The van der Waals surface area contributed by atoms with Crippen LogP contribution in [0.1, 0.15) is 17.5 Å². The highest BCUT2D eigenvalue weighted by Crippen LogP contribution is 2.21. The van der Waals surface area contributed by atoms with E-state index in [0.29, 0.717) is 5.92 Å². The first kappa shape index (κ1) is 16.3. The molecule has 1 aromatic rings. The summed E-state index contributed by atoms with van der Waals surface area (Å²) in [5.41, 5.74) is 2.62. The summed E-state index contributed by atoms with van der Waals surface area (Å²) in [6.45, 7) is 3.26. The topological polar surface area (TPSA) is 41.6 Å². The second kappa shape index (κ2) is 7.25. The van der Waals surface area contributed by atoms with E-state index >= 15 is 0 Å². The number of amides is 1. The summed E-state index contributed by atoms with van der Waals surface area (Å²) in [5.74, 6) is 0.748. The number of carbonyl (C=O) groups is 1. The van der Waals surface area contributed by atoms with Crippen LogP contribution in [0.5, 0.6) is 0 Å². The minimum Gasteiger partial charge on any atom is -0.384 e. The molecule has 2 atom stereocenters. The molecule has 0 spiro atoms. The number of methoxy groups -OCH3 is 1. The summed E-state index contributed by atoms with van der Waals surface area (Å²) in [6, 6.07) is 8.31. The minimum atomic E-state index is -0.0637. The Morgan fingerprint density at radius 1 is 1.38 bits per heavy atom. The van der Waals surface area contributed by atoms with Crippen LogP contribution in [0.3, 0.4) is 0 Å². The smallest absolute Gasteiger partial charge is 0.240 e. The van der Waals surface area contributed by atoms with Crippen LogP contribution in [0.2, 0.25) is 0 Å². The lowest BCUT2D eigenvalue weighted by Crippen LogP contribution is -2.48. The lowest BCUT2D eigenvalue weighted by Gasteiger charge is -2.29. The van der Waals surface area contributed by atoms with Gasteiger partial charge in [-0.1, -0.05) is 24.3 Å². The summed E-state index contributed by atoms with van der Waals surface area (Å²) in [4.78, 5) is 14.6. The second-order valence-corrected chi connectivity index (χ2v) is 5.80. The molecule has 1 fully saturated rings. The molecule has 116 valence electrons. The van der Waals surface area contributed by atoms with Crippen molar-refractivity contribution in [1.29, 1.82) is 0 Å². The molecule has 2 aliphatic heterocycles. The maximum Gasteiger partial charge on any atom is 0.240 e. The first-order valence-corrected chi connectivity index (χ1v) is 7.36. The Kier molecular flexibility index (Phi) is 5.62.